The number of nitrogens with one attached hydrogen (secondary N) is 1. The van der Waals surface area contributed by atoms with Crippen LogP contribution in [0.15, 0.2) is 29.2 Å². The molecule has 1 aromatic rings. The van der Waals surface area contributed by atoms with E-state index in [1.807, 2.05) is 6.07 Å². The number of ether oxygens (including phenoxy) is 1. The summed E-state index contributed by atoms with van der Waals surface area (Å²) in [5.74, 6) is 0. The molecular formula is C15H18N2O3S. The number of nitriles is 1. The van der Waals surface area contributed by atoms with E-state index in [1.165, 1.54) is 12.1 Å². The second-order valence-electron chi connectivity index (χ2n) is 5.83. The molecular weight excluding hydrogens is 288 g/mol. The average Bonchev–Trinajstić information content (AvgIpc) is 2.41. The Hall–Kier alpha value is -1.42. The second-order valence-corrected chi connectivity index (χ2v) is 7.51. The fraction of sp³-hybridized carbons (Fsp3) is 0.533. The maximum atomic E-state index is 12.5. The smallest absolute Gasteiger partial charge is 0.242 e. The lowest BCUT2D eigenvalue weighted by Crippen LogP contribution is -2.67. The van der Waals surface area contributed by atoms with Gasteiger partial charge in [-0.25, -0.2) is 13.1 Å². The maximum absolute atomic E-state index is 12.5. The van der Waals surface area contributed by atoms with Gasteiger partial charge in [0.1, 0.15) is 6.07 Å². The fourth-order valence-corrected chi connectivity index (χ4v) is 5.04. The number of methoxy groups -OCH3 is 1. The van der Waals surface area contributed by atoms with Crippen molar-refractivity contribution >= 4 is 10.0 Å². The summed E-state index contributed by atoms with van der Waals surface area (Å²) < 4.78 is 33.3. The van der Waals surface area contributed by atoms with E-state index < -0.39 is 10.0 Å². The zero-order valence-corrected chi connectivity index (χ0v) is 12.7. The molecule has 0 bridgehead atoms. The number of hydrogen-bond acceptors (Lipinski definition) is 4. The minimum atomic E-state index is -3.67. The summed E-state index contributed by atoms with van der Waals surface area (Å²) in [6.45, 7) is 0. The number of benzene rings is 1. The molecule has 6 heteroatoms. The van der Waals surface area contributed by atoms with E-state index in [9.17, 15) is 8.42 Å². The van der Waals surface area contributed by atoms with Gasteiger partial charge in [0.2, 0.25) is 10.0 Å². The second kappa shape index (κ2) is 5.09. The predicted octanol–water partition coefficient (Wildman–Crippen LogP) is 1.79. The van der Waals surface area contributed by atoms with Crippen LogP contribution < -0.4 is 4.72 Å². The summed E-state index contributed by atoms with van der Waals surface area (Å²) >= 11 is 0. The molecule has 2 aliphatic rings. The highest BCUT2D eigenvalue weighted by Gasteiger charge is 2.59. The largest absolute Gasteiger partial charge is 0.381 e. The lowest BCUT2D eigenvalue weighted by Gasteiger charge is -2.60. The Morgan fingerprint density at radius 1 is 1.38 bits per heavy atom. The molecule has 1 spiro atoms. The molecule has 1 aromatic carbocycles. The van der Waals surface area contributed by atoms with Gasteiger partial charge in [-0.15, -0.1) is 0 Å². The first-order chi connectivity index (χ1) is 10.0. The molecule has 0 radical (unpaired) electrons. The molecule has 0 saturated heterocycles. The van der Waals surface area contributed by atoms with Gasteiger partial charge < -0.3 is 4.74 Å². The Balaban J connectivity index is 1.83. The van der Waals surface area contributed by atoms with Crippen LogP contribution in [-0.2, 0) is 14.8 Å². The lowest BCUT2D eigenvalue weighted by molar-refractivity contribution is -0.155. The highest BCUT2D eigenvalue weighted by atomic mass is 32.2. The molecule has 3 rings (SSSR count). The zero-order chi connectivity index (χ0) is 15.1. The van der Waals surface area contributed by atoms with Gasteiger partial charge in [-0.05, 0) is 31.4 Å². The average molecular weight is 306 g/mol. The van der Waals surface area contributed by atoms with Crippen LogP contribution in [0.4, 0.5) is 0 Å². The van der Waals surface area contributed by atoms with Crippen LogP contribution in [0.5, 0.6) is 0 Å². The Kier molecular flexibility index (Phi) is 3.52. The van der Waals surface area contributed by atoms with Gasteiger partial charge in [-0.1, -0.05) is 18.6 Å². The summed E-state index contributed by atoms with van der Waals surface area (Å²) in [4.78, 5) is 0.0582. The quantitative estimate of drug-likeness (QED) is 0.920. The lowest BCUT2D eigenvalue weighted by atomic mass is 9.51. The molecule has 2 saturated carbocycles. The van der Waals surface area contributed by atoms with Gasteiger partial charge in [0.25, 0.3) is 0 Å². The third-order valence-electron chi connectivity index (χ3n) is 4.95. The van der Waals surface area contributed by atoms with Gasteiger partial charge in [-0.3, -0.25) is 0 Å². The molecule has 112 valence electrons. The minimum absolute atomic E-state index is 0.0383. The topological polar surface area (TPSA) is 79.2 Å². The highest BCUT2D eigenvalue weighted by molar-refractivity contribution is 7.89. The normalized spacial score (nSPS) is 26.7. The van der Waals surface area contributed by atoms with Crippen LogP contribution in [0.25, 0.3) is 0 Å². The van der Waals surface area contributed by atoms with Crippen molar-refractivity contribution in [3.8, 4) is 6.07 Å². The molecule has 2 atom stereocenters. The van der Waals surface area contributed by atoms with E-state index in [1.54, 1.807) is 19.2 Å². The van der Waals surface area contributed by atoms with E-state index in [2.05, 4.69) is 4.72 Å². The highest BCUT2D eigenvalue weighted by Crippen LogP contribution is 2.57. The van der Waals surface area contributed by atoms with E-state index in [4.69, 9.17) is 10.00 Å². The molecule has 0 amide bonds. The van der Waals surface area contributed by atoms with E-state index in [0.29, 0.717) is 6.42 Å². The number of sulfonamides is 1. The molecule has 0 heterocycles. The monoisotopic (exact) mass is 306 g/mol. The van der Waals surface area contributed by atoms with Crippen molar-refractivity contribution in [1.82, 2.24) is 4.72 Å². The third-order valence-corrected chi connectivity index (χ3v) is 6.48. The molecule has 2 aliphatic carbocycles. The maximum Gasteiger partial charge on any atom is 0.242 e. The van der Waals surface area contributed by atoms with Crippen molar-refractivity contribution in [2.24, 2.45) is 5.41 Å². The first kappa shape index (κ1) is 14.5. The molecule has 0 aliphatic heterocycles. The molecule has 5 nitrogen and oxygen atoms in total. The number of nitrogens with zero attached hydrogens (tertiary/aromatic N) is 1. The van der Waals surface area contributed by atoms with E-state index in [0.717, 1.165) is 19.3 Å². The molecule has 21 heavy (non-hydrogen) atoms. The molecule has 0 aromatic heterocycles. The van der Waals surface area contributed by atoms with Crippen molar-refractivity contribution in [2.75, 3.05) is 7.11 Å². The van der Waals surface area contributed by atoms with Gasteiger partial charge in [0, 0.05) is 18.6 Å². The SMILES string of the molecule is CO[C@@H]1C[C@H](NS(=O)(=O)c2ccccc2C#N)C12CCC2. The standard InChI is InChI=1S/C15H18N2O3S/c1-20-14-9-13(15(14)7-4-8-15)17-21(18,19)12-6-3-2-5-11(12)10-16/h2-3,5-6,13-14,17H,4,7-9H2,1H3/t13-,14+/m0/s1. The zero-order valence-electron chi connectivity index (χ0n) is 11.9. The van der Waals surface area contributed by atoms with E-state index in [-0.39, 0.29) is 28.0 Å². The van der Waals surface area contributed by atoms with Crippen molar-refractivity contribution in [3.63, 3.8) is 0 Å². The first-order valence-electron chi connectivity index (χ1n) is 7.08. The summed E-state index contributed by atoms with van der Waals surface area (Å²) in [5.41, 5.74) is 0.138. The third kappa shape index (κ3) is 2.16. The summed E-state index contributed by atoms with van der Waals surface area (Å²) in [6.07, 6.45) is 3.96. The Morgan fingerprint density at radius 2 is 2.10 bits per heavy atom. The van der Waals surface area contributed by atoms with E-state index >= 15 is 0 Å². The van der Waals surface area contributed by atoms with Crippen LogP contribution in [0, 0.1) is 16.7 Å². The fourth-order valence-electron chi connectivity index (χ4n) is 3.54. The van der Waals surface area contributed by atoms with Crippen LogP contribution in [0.2, 0.25) is 0 Å². The Bertz CT molecular complexity index is 689. The number of hydrogen-bond donors (Lipinski definition) is 1. The van der Waals surface area contributed by atoms with Crippen molar-refractivity contribution < 1.29 is 13.2 Å². The summed E-state index contributed by atoms with van der Waals surface area (Å²) in [7, 11) is -1.99. The van der Waals surface area contributed by atoms with Crippen LogP contribution in [0.1, 0.15) is 31.2 Å². The van der Waals surface area contributed by atoms with Gasteiger partial charge in [0.05, 0.1) is 16.6 Å². The minimum Gasteiger partial charge on any atom is -0.381 e. The van der Waals surface area contributed by atoms with Crippen molar-refractivity contribution in [1.29, 1.82) is 5.26 Å². The van der Waals surface area contributed by atoms with Crippen molar-refractivity contribution in [3.05, 3.63) is 29.8 Å². The van der Waals surface area contributed by atoms with Gasteiger partial charge in [0.15, 0.2) is 0 Å². The van der Waals surface area contributed by atoms with Crippen LogP contribution >= 0.6 is 0 Å². The first-order valence-corrected chi connectivity index (χ1v) is 8.56. The number of rotatable bonds is 4. The van der Waals surface area contributed by atoms with Gasteiger partial charge >= 0.3 is 0 Å². The molecule has 0 unspecified atom stereocenters. The Morgan fingerprint density at radius 3 is 2.67 bits per heavy atom. The van der Waals surface area contributed by atoms with Gasteiger partial charge in [-0.2, -0.15) is 5.26 Å². The molecule has 2 fully saturated rings. The summed E-state index contributed by atoms with van der Waals surface area (Å²) in [6, 6.07) is 8.13. The molecule has 1 N–H and O–H groups in total. The van der Waals surface area contributed by atoms with Crippen LogP contribution in [-0.4, -0.2) is 27.7 Å². The van der Waals surface area contributed by atoms with Crippen LogP contribution in [0.3, 0.4) is 0 Å². The Labute approximate surface area is 125 Å². The summed E-state index contributed by atoms with van der Waals surface area (Å²) in [5, 5.41) is 9.06. The predicted molar refractivity (Wildman–Crippen MR) is 77.0 cm³/mol. The van der Waals surface area contributed by atoms with Crippen molar-refractivity contribution in [2.45, 2.75) is 42.7 Å².